The fourth-order valence-electron chi connectivity index (χ4n) is 3.41. The summed E-state index contributed by atoms with van der Waals surface area (Å²) < 4.78 is 1.55. The predicted molar refractivity (Wildman–Crippen MR) is 98.6 cm³/mol. The monoisotopic (exact) mass is 349 g/mol. The van der Waals surface area contributed by atoms with Crippen LogP contribution in [0.1, 0.15) is 22.6 Å². The summed E-state index contributed by atoms with van der Waals surface area (Å²) in [6, 6.07) is 14.2. The lowest BCUT2D eigenvalue weighted by molar-refractivity contribution is 0.0765. The SMILES string of the molecule is Cc1nc2ccccc2c(=O)n1-c1ccc(C(=O)N2CC[C@H](O)C2)cc1. The third kappa shape index (κ3) is 2.78. The van der Waals surface area contributed by atoms with Crippen molar-refractivity contribution in [1.29, 1.82) is 0 Å². The van der Waals surface area contributed by atoms with Gasteiger partial charge in [0.15, 0.2) is 0 Å². The Morgan fingerprint density at radius 1 is 1.15 bits per heavy atom. The van der Waals surface area contributed by atoms with Gasteiger partial charge in [-0.15, -0.1) is 0 Å². The zero-order valence-electron chi connectivity index (χ0n) is 14.4. The Kier molecular flexibility index (Phi) is 4.05. The molecular formula is C20H19N3O3. The van der Waals surface area contributed by atoms with Crippen LogP contribution in [0.15, 0.2) is 53.3 Å². The number of hydrogen-bond donors (Lipinski definition) is 1. The Morgan fingerprint density at radius 3 is 2.58 bits per heavy atom. The van der Waals surface area contributed by atoms with Crippen LogP contribution in [0.5, 0.6) is 0 Å². The number of carbonyl (C=O) groups excluding carboxylic acids is 1. The number of aromatic nitrogens is 2. The topological polar surface area (TPSA) is 75.4 Å². The van der Waals surface area contributed by atoms with Crippen LogP contribution < -0.4 is 5.56 Å². The largest absolute Gasteiger partial charge is 0.391 e. The van der Waals surface area contributed by atoms with Gasteiger partial charge >= 0.3 is 0 Å². The van der Waals surface area contributed by atoms with Gasteiger partial charge in [-0.05, 0) is 49.7 Å². The highest BCUT2D eigenvalue weighted by atomic mass is 16.3. The molecule has 1 aromatic heterocycles. The van der Waals surface area contributed by atoms with Crippen molar-refractivity contribution in [2.24, 2.45) is 0 Å². The molecule has 0 unspecified atom stereocenters. The summed E-state index contributed by atoms with van der Waals surface area (Å²) in [4.78, 5) is 31.5. The van der Waals surface area contributed by atoms with E-state index in [9.17, 15) is 14.7 Å². The highest BCUT2D eigenvalue weighted by Gasteiger charge is 2.25. The van der Waals surface area contributed by atoms with Crippen molar-refractivity contribution in [1.82, 2.24) is 14.5 Å². The third-order valence-corrected chi connectivity index (χ3v) is 4.77. The number of para-hydroxylation sites is 1. The van der Waals surface area contributed by atoms with Crippen molar-refractivity contribution >= 4 is 16.8 Å². The third-order valence-electron chi connectivity index (χ3n) is 4.77. The van der Waals surface area contributed by atoms with Gasteiger partial charge in [-0.25, -0.2) is 4.98 Å². The fourth-order valence-corrected chi connectivity index (χ4v) is 3.41. The Bertz CT molecular complexity index is 1040. The number of likely N-dealkylation sites (tertiary alicyclic amines) is 1. The molecule has 1 fully saturated rings. The molecule has 0 saturated carbocycles. The zero-order chi connectivity index (χ0) is 18.3. The van der Waals surface area contributed by atoms with E-state index < -0.39 is 6.10 Å². The molecule has 1 aliphatic heterocycles. The van der Waals surface area contributed by atoms with Crippen LogP contribution in [0.3, 0.4) is 0 Å². The van der Waals surface area contributed by atoms with Crippen LogP contribution in [0, 0.1) is 6.92 Å². The quantitative estimate of drug-likeness (QED) is 0.767. The number of amides is 1. The minimum atomic E-state index is -0.442. The molecule has 2 aromatic carbocycles. The number of nitrogens with zero attached hydrogens (tertiary/aromatic N) is 3. The summed E-state index contributed by atoms with van der Waals surface area (Å²) in [7, 11) is 0. The summed E-state index contributed by atoms with van der Waals surface area (Å²) in [5.74, 6) is 0.490. The van der Waals surface area contributed by atoms with Crippen LogP contribution in [-0.2, 0) is 0 Å². The molecule has 0 bridgehead atoms. The Morgan fingerprint density at radius 2 is 1.88 bits per heavy atom. The number of β-amino-alcohol motifs (C(OH)–C–C–N with tert-alkyl or cyclic N) is 1. The maximum Gasteiger partial charge on any atom is 0.265 e. The first-order valence-electron chi connectivity index (χ1n) is 8.61. The van der Waals surface area contributed by atoms with Crippen molar-refractivity contribution in [3.63, 3.8) is 0 Å². The van der Waals surface area contributed by atoms with E-state index in [4.69, 9.17) is 0 Å². The summed E-state index contributed by atoms with van der Waals surface area (Å²) in [6.07, 6.45) is 0.171. The molecule has 1 aliphatic rings. The summed E-state index contributed by atoms with van der Waals surface area (Å²) in [5.41, 5.74) is 1.76. The van der Waals surface area contributed by atoms with E-state index in [1.54, 1.807) is 46.7 Å². The minimum Gasteiger partial charge on any atom is -0.391 e. The molecule has 132 valence electrons. The molecular weight excluding hydrogens is 330 g/mol. The average Bonchev–Trinajstić information content (AvgIpc) is 3.08. The zero-order valence-corrected chi connectivity index (χ0v) is 14.4. The van der Waals surface area contributed by atoms with Gasteiger partial charge in [-0.1, -0.05) is 12.1 Å². The van der Waals surface area contributed by atoms with Crippen LogP contribution in [0.25, 0.3) is 16.6 Å². The van der Waals surface area contributed by atoms with Crippen molar-refractivity contribution in [2.45, 2.75) is 19.4 Å². The molecule has 3 aromatic rings. The van der Waals surface area contributed by atoms with E-state index in [0.717, 1.165) is 0 Å². The minimum absolute atomic E-state index is 0.103. The lowest BCUT2D eigenvalue weighted by atomic mass is 10.1. The fraction of sp³-hybridized carbons (Fsp3) is 0.250. The number of aryl methyl sites for hydroxylation is 1. The second kappa shape index (κ2) is 6.38. The highest BCUT2D eigenvalue weighted by Crippen LogP contribution is 2.17. The number of aliphatic hydroxyl groups is 1. The van der Waals surface area contributed by atoms with Gasteiger partial charge in [0.1, 0.15) is 5.82 Å². The van der Waals surface area contributed by atoms with E-state index in [1.807, 2.05) is 18.2 Å². The van der Waals surface area contributed by atoms with Gasteiger partial charge in [0.25, 0.3) is 11.5 Å². The van der Waals surface area contributed by atoms with Crippen LogP contribution in [-0.4, -0.2) is 44.7 Å². The Labute approximate surface area is 150 Å². The maximum atomic E-state index is 12.8. The van der Waals surface area contributed by atoms with E-state index >= 15 is 0 Å². The predicted octanol–water partition coefficient (Wildman–Crippen LogP) is 1.90. The van der Waals surface area contributed by atoms with Crippen LogP contribution >= 0.6 is 0 Å². The lowest BCUT2D eigenvalue weighted by Crippen LogP contribution is -2.29. The first kappa shape index (κ1) is 16.5. The first-order chi connectivity index (χ1) is 12.5. The molecule has 26 heavy (non-hydrogen) atoms. The average molecular weight is 349 g/mol. The molecule has 1 atom stereocenters. The molecule has 0 aliphatic carbocycles. The van der Waals surface area contributed by atoms with Crippen molar-refractivity contribution in [3.8, 4) is 5.69 Å². The molecule has 2 heterocycles. The maximum absolute atomic E-state index is 12.8. The standard InChI is InChI=1S/C20H19N3O3/c1-13-21-18-5-3-2-4-17(18)20(26)23(13)15-8-6-14(7-9-15)19(25)22-11-10-16(24)12-22/h2-9,16,24H,10-12H2,1H3/t16-/m0/s1. The molecule has 1 saturated heterocycles. The summed E-state index contributed by atoms with van der Waals surface area (Å²) in [5, 5.41) is 10.2. The molecule has 1 amide bonds. The van der Waals surface area contributed by atoms with E-state index in [0.29, 0.717) is 47.5 Å². The van der Waals surface area contributed by atoms with Crippen LogP contribution in [0.4, 0.5) is 0 Å². The van der Waals surface area contributed by atoms with E-state index in [2.05, 4.69) is 4.98 Å². The molecule has 4 rings (SSSR count). The van der Waals surface area contributed by atoms with E-state index in [1.165, 1.54) is 0 Å². The van der Waals surface area contributed by atoms with E-state index in [-0.39, 0.29) is 11.5 Å². The smallest absolute Gasteiger partial charge is 0.265 e. The van der Waals surface area contributed by atoms with Gasteiger partial charge in [0.2, 0.25) is 0 Å². The first-order valence-corrected chi connectivity index (χ1v) is 8.61. The number of rotatable bonds is 2. The number of benzene rings is 2. The molecule has 0 spiro atoms. The van der Waals surface area contributed by atoms with Gasteiger partial charge in [0, 0.05) is 18.7 Å². The highest BCUT2D eigenvalue weighted by molar-refractivity contribution is 5.94. The number of fused-ring (bicyclic) bond motifs is 1. The number of hydrogen-bond acceptors (Lipinski definition) is 4. The normalized spacial score (nSPS) is 17.0. The summed E-state index contributed by atoms with van der Waals surface area (Å²) in [6.45, 7) is 2.72. The second-order valence-electron chi connectivity index (χ2n) is 6.56. The molecule has 6 nitrogen and oxygen atoms in total. The van der Waals surface area contributed by atoms with Gasteiger partial charge in [0.05, 0.1) is 22.7 Å². The Hall–Kier alpha value is -2.99. The van der Waals surface area contributed by atoms with Crippen molar-refractivity contribution < 1.29 is 9.90 Å². The molecule has 0 radical (unpaired) electrons. The molecule has 6 heteroatoms. The van der Waals surface area contributed by atoms with Crippen molar-refractivity contribution in [3.05, 3.63) is 70.3 Å². The number of aliphatic hydroxyl groups excluding tert-OH is 1. The van der Waals surface area contributed by atoms with Crippen molar-refractivity contribution in [2.75, 3.05) is 13.1 Å². The summed E-state index contributed by atoms with van der Waals surface area (Å²) >= 11 is 0. The Balaban J connectivity index is 1.70. The van der Waals surface area contributed by atoms with Gasteiger partial charge < -0.3 is 10.0 Å². The molecule has 1 N–H and O–H groups in total. The van der Waals surface area contributed by atoms with Gasteiger partial charge in [-0.2, -0.15) is 0 Å². The second-order valence-corrected chi connectivity index (χ2v) is 6.56. The number of carbonyl (C=O) groups is 1. The lowest BCUT2D eigenvalue weighted by Gasteiger charge is -2.16. The van der Waals surface area contributed by atoms with Crippen LogP contribution in [0.2, 0.25) is 0 Å². The van der Waals surface area contributed by atoms with Gasteiger partial charge in [-0.3, -0.25) is 14.2 Å².